The van der Waals surface area contributed by atoms with Crippen LogP contribution in [-0.2, 0) is 0 Å². The Labute approximate surface area is 69.2 Å². The predicted octanol–water partition coefficient (Wildman–Crippen LogP) is 3.10. The molecule has 1 nitrogen and oxygen atoms in total. The van der Waals surface area contributed by atoms with Crippen molar-refractivity contribution in [2.75, 3.05) is 0 Å². The molecule has 0 aliphatic carbocycles. The van der Waals surface area contributed by atoms with E-state index in [0.29, 0.717) is 6.42 Å². The van der Waals surface area contributed by atoms with Crippen LogP contribution in [0.25, 0.3) is 0 Å². The van der Waals surface area contributed by atoms with Crippen LogP contribution in [0.1, 0.15) is 51.9 Å². The fourth-order valence-corrected chi connectivity index (χ4v) is 1.09. The van der Waals surface area contributed by atoms with Gasteiger partial charge in [-0.05, 0) is 12.8 Å². The van der Waals surface area contributed by atoms with Gasteiger partial charge in [-0.2, -0.15) is 0 Å². The number of unbranched alkanes of at least 4 members (excludes halogenated alkanes) is 5. The lowest BCUT2D eigenvalue weighted by Crippen LogP contribution is -1.98. The first-order valence-corrected chi connectivity index (χ1v) is 4.59. The van der Waals surface area contributed by atoms with Gasteiger partial charge in [-0.25, -0.2) is 4.39 Å². The molecule has 0 bridgehead atoms. The summed E-state index contributed by atoms with van der Waals surface area (Å²) in [5.74, 6) is 0. The van der Waals surface area contributed by atoms with E-state index in [0.717, 1.165) is 12.8 Å². The fraction of sp³-hybridized carbons (Fsp3) is 1.00. The average Bonchev–Trinajstić information content (AvgIpc) is 1.96. The number of hydrogen-bond donors (Lipinski definition) is 0. The van der Waals surface area contributed by atoms with Gasteiger partial charge in [0.05, 0.1) is 0 Å². The molecule has 2 radical (unpaired) electrons. The maximum atomic E-state index is 11.8. The van der Waals surface area contributed by atoms with Crippen LogP contribution in [0, 0.1) is 0 Å². The van der Waals surface area contributed by atoms with Gasteiger partial charge in [-0.1, -0.05) is 39.0 Å². The molecule has 0 heterocycles. The summed E-state index contributed by atoms with van der Waals surface area (Å²) in [6.07, 6.45) is 5.54. The normalized spacial score (nSPS) is 13.4. The first-order valence-electron chi connectivity index (χ1n) is 4.59. The van der Waals surface area contributed by atoms with Crippen LogP contribution in [0.5, 0.6) is 0 Å². The van der Waals surface area contributed by atoms with Crippen LogP contribution in [0.15, 0.2) is 0 Å². The van der Waals surface area contributed by atoms with Crippen molar-refractivity contribution in [1.82, 2.24) is 5.73 Å². The highest BCUT2D eigenvalue weighted by Crippen LogP contribution is 2.08. The van der Waals surface area contributed by atoms with E-state index in [1.807, 2.05) is 0 Å². The Morgan fingerprint density at radius 2 is 1.64 bits per heavy atom. The van der Waals surface area contributed by atoms with E-state index in [1.165, 1.54) is 25.7 Å². The molecule has 11 heavy (non-hydrogen) atoms. The summed E-state index contributed by atoms with van der Waals surface area (Å²) in [7, 11) is 0. The van der Waals surface area contributed by atoms with Crippen molar-refractivity contribution in [1.29, 1.82) is 0 Å². The third-order valence-electron chi connectivity index (χ3n) is 1.80. The summed E-state index contributed by atoms with van der Waals surface area (Å²) >= 11 is 0. The van der Waals surface area contributed by atoms with Crippen molar-refractivity contribution in [3.63, 3.8) is 0 Å². The second kappa shape index (κ2) is 7.99. The largest absolute Gasteiger partial charge is 0.227 e. The Kier molecular flexibility index (Phi) is 7.91. The molecule has 0 aromatic carbocycles. The highest BCUT2D eigenvalue weighted by Gasteiger charge is 1.98. The monoisotopic (exact) mass is 159 g/mol. The van der Waals surface area contributed by atoms with Gasteiger partial charge in [0.15, 0.2) is 6.30 Å². The summed E-state index contributed by atoms with van der Waals surface area (Å²) in [4.78, 5) is 0. The number of alkyl halides is 1. The number of nitrogens with zero attached hydrogens (tertiary/aromatic N) is 1. The topological polar surface area (TPSA) is 22.3 Å². The van der Waals surface area contributed by atoms with Gasteiger partial charge >= 0.3 is 0 Å². The minimum absolute atomic E-state index is 0.312. The third-order valence-corrected chi connectivity index (χ3v) is 1.80. The van der Waals surface area contributed by atoms with Gasteiger partial charge in [-0.15, -0.1) is 5.73 Å². The summed E-state index contributed by atoms with van der Waals surface area (Å²) in [6, 6.07) is 0. The van der Waals surface area contributed by atoms with E-state index < -0.39 is 6.30 Å². The molecule has 0 rings (SSSR count). The maximum absolute atomic E-state index is 11.8. The molecule has 0 aromatic heterocycles. The zero-order valence-corrected chi connectivity index (χ0v) is 7.35. The summed E-state index contributed by atoms with van der Waals surface area (Å²) in [5, 5.41) is 0. The van der Waals surface area contributed by atoms with Crippen molar-refractivity contribution < 1.29 is 4.39 Å². The molecular formula is C9H18FN. The van der Waals surface area contributed by atoms with Gasteiger partial charge in [0, 0.05) is 0 Å². The number of rotatable bonds is 7. The zero-order valence-electron chi connectivity index (χ0n) is 7.35. The molecule has 0 saturated carbocycles. The van der Waals surface area contributed by atoms with Crippen LogP contribution < -0.4 is 5.73 Å². The number of halogens is 1. The molecule has 0 aliphatic heterocycles. The van der Waals surface area contributed by atoms with E-state index in [1.54, 1.807) is 0 Å². The summed E-state index contributed by atoms with van der Waals surface area (Å²) in [5.41, 5.74) is 8.29. The lowest BCUT2D eigenvalue weighted by Gasteiger charge is -1.99. The zero-order chi connectivity index (χ0) is 8.53. The van der Waals surface area contributed by atoms with Gasteiger partial charge < -0.3 is 0 Å². The smallest absolute Gasteiger partial charge is 0.183 e. The molecule has 0 spiro atoms. The van der Waals surface area contributed by atoms with Gasteiger partial charge in [0.2, 0.25) is 0 Å². The van der Waals surface area contributed by atoms with Crippen molar-refractivity contribution in [2.24, 2.45) is 0 Å². The van der Waals surface area contributed by atoms with E-state index in [4.69, 9.17) is 5.73 Å². The van der Waals surface area contributed by atoms with Crippen LogP contribution in [0.4, 0.5) is 4.39 Å². The molecule has 0 aliphatic rings. The van der Waals surface area contributed by atoms with Crippen LogP contribution in [-0.4, -0.2) is 6.30 Å². The first kappa shape index (κ1) is 10.9. The minimum atomic E-state index is -1.60. The Balaban J connectivity index is 2.80. The lowest BCUT2D eigenvalue weighted by atomic mass is 10.1. The molecular weight excluding hydrogens is 141 g/mol. The van der Waals surface area contributed by atoms with E-state index in [9.17, 15) is 4.39 Å². The highest BCUT2D eigenvalue weighted by atomic mass is 19.1. The second-order valence-corrected chi connectivity index (χ2v) is 2.99. The summed E-state index contributed by atoms with van der Waals surface area (Å²) < 4.78 is 11.8. The molecule has 0 N–H and O–H groups in total. The fourth-order valence-electron chi connectivity index (χ4n) is 1.09. The first-order chi connectivity index (χ1) is 5.27. The molecule has 1 atom stereocenters. The lowest BCUT2D eigenvalue weighted by molar-refractivity contribution is 0.304. The molecule has 0 amide bonds. The van der Waals surface area contributed by atoms with Crippen LogP contribution >= 0.6 is 0 Å². The van der Waals surface area contributed by atoms with Crippen LogP contribution in [0.3, 0.4) is 0 Å². The summed E-state index contributed by atoms with van der Waals surface area (Å²) in [6.45, 7) is 2.17. The van der Waals surface area contributed by atoms with E-state index in [2.05, 4.69) is 6.92 Å². The molecule has 0 aromatic rings. The Morgan fingerprint density at radius 1 is 1.09 bits per heavy atom. The van der Waals surface area contributed by atoms with Crippen molar-refractivity contribution >= 4 is 0 Å². The maximum Gasteiger partial charge on any atom is 0.183 e. The van der Waals surface area contributed by atoms with Gasteiger partial charge in [0.25, 0.3) is 0 Å². The predicted molar refractivity (Wildman–Crippen MR) is 45.0 cm³/mol. The van der Waals surface area contributed by atoms with Crippen LogP contribution in [0.2, 0.25) is 0 Å². The minimum Gasteiger partial charge on any atom is -0.227 e. The molecule has 0 saturated heterocycles. The van der Waals surface area contributed by atoms with Crippen molar-refractivity contribution in [3.05, 3.63) is 0 Å². The second-order valence-electron chi connectivity index (χ2n) is 2.99. The van der Waals surface area contributed by atoms with E-state index >= 15 is 0 Å². The standard InChI is InChI=1S/C9H18FN/c1-2-3-4-5-6-7-8-9(10)11/h9H,2-8H2,1H3. The van der Waals surface area contributed by atoms with Gasteiger partial charge in [0.1, 0.15) is 0 Å². The van der Waals surface area contributed by atoms with Gasteiger partial charge in [-0.3, -0.25) is 0 Å². The third kappa shape index (κ3) is 9.89. The molecule has 2 heteroatoms. The molecule has 66 valence electrons. The average molecular weight is 159 g/mol. The quantitative estimate of drug-likeness (QED) is 0.402. The van der Waals surface area contributed by atoms with Crippen molar-refractivity contribution in [3.8, 4) is 0 Å². The highest BCUT2D eigenvalue weighted by molar-refractivity contribution is 4.47. The SMILES string of the molecule is CCCCCCCCC([N])F. The molecule has 0 fully saturated rings. The Morgan fingerprint density at radius 3 is 2.18 bits per heavy atom. The Bertz CT molecular complexity index is 74.0. The Hall–Kier alpha value is -0.110. The van der Waals surface area contributed by atoms with E-state index in [-0.39, 0.29) is 0 Å². The van der Waals surface area contributed by atoms with Crippen molar-refractivity contribution in [2.45, 2.75) is 58.2 Å². The molecule has 1 unspecified atom stereocenters. The number of hydrogen-bond acceptors (Lipinski definition) is 0.